The van der Waals surface area contributed by atoms with E-state index in [2.05, 4.69) is 28.6 Å². The lowest BCUT2D eigenvalue weighted by molar-refractivity contribution is 0.216. The summed E-state index contributed by atoms with van der Waals surface area (Å²) in [5.74, 6) is 2.63. The predicted molar refractivity (Wildman–Crippen MR) is 81.3 cm³/mol. The van der Waals surface area contributed by atoms with Crippen LogP contribution >= 0.6 is 0 Å². The molecular formula is C13H19N5O3S. The van der Waals surface area contributed by atoms with Crippen LogP contribution in [0.3, 0.4) is 0 Å². The second-order valence-corrected chi connectivity index (χ2v) is 6.28. The van der Waals surface area contributed by atoms with Gasteiger partial charge in [-0.05, 0) is 13.3 Å². The number of sulfonamides is 1. The number of hydrogen-bond acceptors (Lipinski definition) is 5. The van der Waals surface area contributed by atoms with E-state index in [9.17, 15) is 13.2 Å². The van der Waals surface area contributed by atoms with Crippen LogP contribution in [0.5, 0.6) is 0 Å². The fourth-order valence-electron chi connectivity index (χ4n) is 1.56. The minimum atomic E-state index is -3.85. The standard InChI is InChI=1S/C13H19N5O3S/c1-5-8-16(4)22(20,21)12-14-11-18(15-12)13(19)17(9-6-2)10-7-3/h5,11H,1,6,8-9H2,2-4H3. The van der Waals surface area contributed by atoms with Gasteiger partial charge in [0.1, 0.15) is 6.33 Å². The molecule has 1 heterocycles. The van der Waals surface area contributed by atoms with Crippen LogP contribution in [0.15, 0.2) is 24.1 Å². The van der Waals surface area contributed by atoms with E-state index in [4.69, 9.17) is 0 Å². The average Bonchev–Trinajstić information content (AvgIpc) is 2.97. The Balaban J connectivity index is 3.07. The maximum atomic E-state index is 12.2. The molecule has 9 heteroatoms. The molecule has 0 N–H and O–H groups in total. The maximum absolute atomic E-state index is 12.2. The molecule has 1 rings (SSSR count). The van der Waals surface area contributed by atoms with Crippen LogP contribution in [0.1, 0.15) is 20.3 Å². The second-order valence-electron chi connectivity index (χ2n) is 4.34. The lowest BCUT2D eigenvalue weighted by Gasteiger charge is -2.13. The Hall–Kier alpha value is -2.18. The Morgan fingerprint density at radius 3 is 2.77 bits per heavy atom. The van der Waals surface area contributed by atoms with Gasteiger partial charge >= 0.3 is 6.03 Å². The minimum absolute atomic E-state index is 0.119. The highest BCUT2D eigenvalue weighted by molar-refractivity contribution is 7.88. The third-order valence-corrected chi connectivity index (χ3v) is 4.24. The van der Waals surface area contributed by atoms with Gasteiger partial charge in [0.2, 0.25) is 0 Å². The summed E-state index contributed by atoms with van der Waals surface area (Å²) in [6, 6.07) is 2.10. The Labute approximate surface area is 130 Å². The zero-order chi connectivity index (χ0) is 16.8. The summed E-state index contributed by atoms with van der Waals surface area (Å²) < 4.78 is 26.2. The van der Waals surface area contributed by atoms with Crippen molar-refractivity contribution < 1.29 is 13.2 Å². The van der Waals surface area contributed by atoms with Gasteiger partial charge in [0.05, 0.1) is 0 Å². The van der Waals surface area contributed by atoms with E-state index in [-0.39, 0.29) is 6.54 Å². The summed E-state index contributed by atoms with van der Waals surface area (Å²) >= 11 is 0. The number of carbonyl (C=O) groups is 1. The summed E-state index contributed by atoms with van der Waals surface area (Å²) in [4.78, 5) is 17.2. The molecule has 8 nitrogen and oxygen atoms in total. The third-order valence-electron chi connectivity index (χ3n) is 2.62. The molecule has 1 aromatic heterocycles. The number of nitrogens with zero attached hydrogens (tertiary/aromatic N) is 5. The SMILES string of the molecule is C=CCN(C)S(=O)(=O)c1ncn(C(=O)N(C#CC)CCC)n1. The number of amides is 1. The molecule has 0 fully saturated rings. The monoisotopic (exact) mass is 325 g/mol. The smallest absolute Gasteiger partial charge is 0.251 e. The highest BCUT2D eigenvalue weighted by Crippen LogP contribution is 2.08. The van der Waals surface area contributed by atoms with Gasteiger partial charge in [-0.3, -0.25) is 4.90 Å². The molecule has 0 aliphatic rings. The van der Waals surface area contributed by atoms with Crippen molar-refractivity contribution in [3.63, 3.8) is 0 Å². The van der Waals surface area contributed by atoms with Crippen molar-refractivity contribution in [3.8, 4) is 12.0 Å². The molecule has 0 aliphatic carbocycles. The van der Waals surface area contributed by atoms with Gasteiger partial charge in [0.25, 0.3) is 15.2 Å². The fraction of sp³-hybridized carbons (Fsp3) is 0.462. The van der Waals surface area contributed by atoms with Gasteiger partial charge in [-0.1, -0.05) is 18.9 Å². The summed E-state index contributed by atoms with van der Waals surface area (Å²) in [5.41, 5.74) is 0. The highest BCUT2D eigenvalue weighted by atomic mass is 32.2. The van der Waals surface area contributed by atoms with Crippen LogP contribution in [-0.4, -0.2) is 58.6 Å². The fourth-order valence-corrected chi connectivity index (χ4v) is 2.51. The van der Waals surface area contributed by atoms with Gasteiger partial charge in [-0.2, -0.15) is 8.99 Å². The quantitative estimate of drug-likeness (QED) is 0.437. The molecule has 1 amide bonds. The molecule has 0 aliphatic heterocycles. The Morgan fingerprint density at radius 1 is 1.55 bits per heavy atom. The van der Waals surface area contributed by atoms with E-state index in [0.717, 1.165) is 15.3 Å². The summed E-state index contributed by atoms with van der Waals surface area (Å²) in [7, 11) is -2.47. The Morgan fingerprint density at radius 2 is 2.23 bits per heavy atom. The Bertz CT molecular complexity index is 699. The normalized spacial score (nSPS) is 10.9. The van der Waals surface area contributed by atoms with Crippen LogP contribution in [0.2, 0.25) is 0 Å². The molecule has 0 saturated heterocycles. The van der Waals surface area contributed by atoms with E-state index >= 15 is 0 Å². The van der Waals surface area contributed by atoms with Crippen molar-refractivity contribution in [1.82, 2.24) is 24.0 Å². The number of hydrogen-bond donors (Lipinski definition) is 0. The van der Waals surface area contributed by atoms with Gasteiger partial charge in [0.15, 0.2) is 0 Å². The summed E-state index contributed by atoms with van der Waals surface area (Å²) in [6.07, 6.45) is 3.22. The van der Waals surface area contributed by atoms with E-state index in [1.54, 1.807) is 6.92 Å². The van der Waals surface area contributed by atoms with Crippen LogP contribution in [0.4, 0.5) is 4.79 Å². The molecule has 0 bridgehead atoms. The van der Waals surface area contributed by atoms with Crippen molar-refractivity contribution in [2.45, 2.75) is 25.4 Å². The number of rotatable bonds is 6. The third kappa shape index (κ3) is 3.93. The molecule has 22 heavy (non-hydrogen) atoms. The maximum Gasteiger partial charge on any atom is 0.357 e. The van der Waals surface area contributed by atoms with Crippen molar-refractivity contribution in [2.24, 2.45) is 0 Å². The molecule has 0 atom stereocenters. The first-order chi connectivity index (χ1) is 10.4. The molecule has 120 valence electrons. The first-order valence-electron chi connectivity index (χ1n) is 6.61. The molecule has 1 aromatic rings. The van der Waals surface area contributed by atoms with E-state index < -0.39 is 21.2 Å². The van der Waals surface area contributed by atoms with E-state index in [1.807, 2.05) is 6.92 Å². The first-order valence-corrected chi connectivity index (χ1v) is 8.05. The molecule has 0 saturated carbocycles. The Kier molecular flexibility index (Phi) is 6.27. The molecule has 0 radical (unpaired) electrons. The number of likely N-dealkylation sites (N-methyl/N-ethyl adjacent to an activating group) is 1. The lowest BCUT2D eigenvalue weighted by Crippen LogP contribution is -2.32. The van der Waals surface area contributed by atoms with Crippen molar-refractivity contribution >= 4 is 16.1 Å². The minimum Gasteiger partial charge on any atom is -0.251 e. The van der Waals surface area contributed by atoms with Crippen molar-refractivity contribution in [2.75, 3.05) is 20.1 Å². The van der Waals surface area contributed by atoms with Crippen LogP contribution in [0, 0.1) is 12.0 Å². The second kappa shape index (κ2) is 7.72. The van der Waals surface area contributed by atoms with Gasteiger partial charge in [-0.15, -0.1) is 11.7 Å². The van der Waals surface area contributed by atoms with Crippen LogP contribution in [-0.2, 0) is 10.0 Å². The van der Waals surface area contributed by atoms with Crippen molar-refractivity contribution in [1.29, 1.82) is 0 Å². The zero-order valence-corrected chi connectivity index (χ0v) is 13.7. The van der Waals surface area contributed by atoms with Crippen LogP contribution in [0.25, 0.3) is 0 Å². The number of aromatic nitrogens is 3. The topological polar surface area (TPSA) is 88.4 Å². The first kappa shape index (κ1) is 17.9. The molecule has 0 aromatic carbocycles. The summed E-state index contributed by atoms with van der Waals surface area (Å²) in [6.45, 7) is 7.52. The van der Waals surface area contributed by atoms with Gasteiger partial charge < -0.3 is 0 Å². The highest BCUT2D eigenvalue weighted by Gasteiger charge is 2.26. The zero-order valence-electron chi connectivity index (χ0n) is 12.9. The average molecular weight is 325 g/mol. The van der Waals surface area contributed by atoms with E-state index in [1.165, 1.54) is 18.0 Å². The molecular weight excluding hydrogens is 306 g/mol. The molecule has 0 spiro atoms. The van der Waals surface area contributed by atoms with E-state index in [0.29, 0.717) is 13.0 Å². The number of carbonyl (C=O) groups excluding carboxylic acids is 1. The predicted octanol–water partition coefficient (Wildman–Crippen LogP) is 0.745. The lowest BCUT2D eigenvalue weighted by atomic mass is 10.4. The van der Waals surface area contributed by atoms with Gasteiger partial charge in [0, 0.05) is 26.2 Å². The largest absolute Gasteiger partial charge is 0.357 e. The van der Waals surface area contributed by atoms with Crippen LogP contribution < -0.4 is 0 Å². The van der Waals surface area contributed by atoms with Crippen molar-refractivity contribution in [3.05, 3.63) is 19.0 Å². The van der Waals surface area contributed by atoms with Gasteiger partial charge in [-0.25, -0.2) is 18.2 Å². The summed E-state index contributed by atoms with van der Waals surface area (Å²) in [5, 5.41) is 3.31. The molecule has 0 unspecified atom stereocenters.